The Kier molecular flexibility index (Phi) is 6.70. The molecule has 2 aromatic rings. The number of nitrogens with zero attached hydrogens (tertiary/aromatic N) is 4. The summed E-state index contributed by atoms with van der Waals surface area (Å²) < 4.78 is 5.80. The summed E-state index contributed by atoms with van der Waals surface area (Å²) in [6.07, 6.45) is 3.80. The monoisotopic (exact) mass is 507 g/mol. The van der Waals surface area contributed by atoms with Gasteiger partial charge >= 0.3 is 0 Å². The molecule has 0 aliphatic carbocycles. The molecule has 0 atom stereocenters. The van der Waals surface area contributed by atoms with Crippen molar-refractivity contribution in [2.75, 3.05) is 13.1 Å². The minimum absolute atomic E-state index is 0.0136. The van der Waals surface area contributed by atoms with E-state index in [-0.39, 0.29) is 23.7 Å². The van der Waals surface area contributed by atoms with E-state index in [9.17, 15) is 9.59 Å². The summed E-state index contributed by atoms with van der Waals surface area (Å²) >= 11 is 7.34. The first kappa shape index (κ1) is 23.3. The maximum absolute atomic E-state index is 12.6. The summed E-state index contributed by atoms with van der Waals surface area (Å²) in [6, 6.07) is 14.7. The highest BCUT2D eigenvalue weighted by molar-refractivity contribution is 8.27. The van der Waals surface area contributed by atoms with Crippen molar-refractivity contribution in [3.8, 4) is 5.75 Å². The van der Waals surface area contributed by atoms with E-state index in [1.165, 1.54) is 16.8 Å². The van der Waals surface area contributed by atoms with Crippen LogP contribution in [0.1, 0.15) is 30.4 Å². The fourth-order valence-electron chi connectivity index (χ4n) is 3.91. The van der Waals surface area contributed by atoms with E-state index >= 15 is 0 Å². The number of nitrogens with one attached hydrogen (secondary N) is 1. The molecule has 0 bridgehead atoms. The van der Waals surface area contributed by atoms with Crippen LogP contribution in [0, 0.1) is 5.41 Å². The number of benzene rings is 2. The first-order valence-electron chi connectivity index (χ1n) is 11.2. The van der Waals surface area contributed by atoms with E-state index in [0.29, 0.717) is 27.6 Å². The third kappa shape index (κ3) is 5.16. The number of amides is 2. The Morgan fingerprint density at radius 1 is 1.14 bits per heavy atom. The van der Waals surface area contributed by atoms with Gasteiger partial charge in [-0.3, -0.25) is 15.0 Å². The number of aliphatic imine (C=N–C) groups is 1. The van der Waals surface area contributed by atoms with Crippen molar-refractivity contribution in [3.05, 3.63) is 70.3 Å². The smallest absolute Gasteiger partial charge is 0.283 e. The Balaban J connectivity index is 1.26. The van der Waals surface area contributed by atoms with Crippen LogP contribution in [0.3, 0.4) is 0 Å². The molecule has 0 spiro atoms. The summed E-state index contributed by atoms with van der Waals surface area (Å²) in [7, 11) is 0. The molecule has 0 unspecified atom stereocenters. The molecule has 10 heteroatoms. The molecule has 178 valence electrons. The van der Waals surface area contributed by atoms with Gasteiger partial charge in [-0.15, -0.1) is 0 Å². The summed E-state index contributed by atoms with van der Waals surface area (Å²) in [5.74, 6) is 0.107. The van der Waals surface area contributed by atoms with Crippen molar-refractivity contribution >= 4 is 57.3 Å². The molecule has 0 saturated carbocycles. The standard InChI is InChI=1S/C25H22ClN5O3S/c26-20-6-2-1-5-17(20)15-34-18-9-7-16(8-10-18)13-19-23(27)31-25(28-24(19)33)35-21(29-31)14-22(32)30-11-3-4-12-30/h1-2,5-10,13,27H,3-4,11-12,14-15H2. The zero-order chi connectivity index (χ0) is 24.4. The van der Waals surface area contributed by atoms with Gasteiger partial charge in [0.2, 0.25) is 11.1 Å². The molecule has 8 nitrogen and oxygen atoms in total. The van der Waals surface area contributed by atoms with Gasteiger partial charge in [0, 0.05) is 23.7 Å². The van der Waals surface area contributed by atoms with Gasteiger partial charge in [-0.1, -0.05) is 41.9 Å². The molecular weight excluding hydrogens is 486 g/mol. The third-order valence-electron chi connectivity index (χ3n) is 5.80. The van der Waals surface area contributed by atoms with E-state index in [1.807, 2.05) is 29.2 Å². The zero-order valence-electron chi connectivity index (χ0n) is 18.7. The first-order chi connectivity index (χ1) is 17.0. The Bertz CT molecular complexity index is 1280. The minimum Gasteiger partial charge on any atom is -0.489 e. The molecule has 5 rings (SSSR count). The highest BCUT2D eigenvalue weighted by Crippen LogP contribution is 2.30. The lowest BCUT2D eigenvalue weighted by Crippen LogP contribution is -2.35. The van der Waals surface area contributed by atoms with Gasteiger partial charge < -0.3 is 9.64 Å². The number of thioether (sulfide) groups is 1. The second-order valence-electron chi connectivity index (χ2n) is 8.23. The molecule has 0 radical (unpaired) electrons. The Morgan fingerprint density at radius 3 is 2.63 bits per heavy atom. The van der Waals surface area contributed by atoms with Crippen LogP contribution in [0.15, 0.2) is 64.2 Å². The van der Waals surface area contributed by atoms with Crippen molar-refractivity contribution in [3.63, 3.8) is 0 Å². The molecule has 1 N–H and O–H groups in total. The van der Waals surface area contributed by atoms with Gasteiger partial charge in [-0.05, 0) is 54.4 Å². The molecule has 1 saturated heterocycles. The predicted molar refractivity (Wildman–Crippen MR) is 138 cm³/mol. The summed E-state index contributed by atoms with van der Waals surface area (Å²) in [6.45, 7) is 1.88. The van der Waals surface area contributed by atoms with Crippen LogP contribution >= 0.6 is 23.4 Å². The second kappa shape index (κ2) is 10.1. The fourth-order valence-corrected chi connectivity index (χ4v) is 4.98. The van der Waals surface area contributed by atoms with Gasteiger partial charge in [0.05, 0.1) is 12.0 Å². The van der Waals surface area contributed by atoms with E-state index in [2.05, 4.69) is 10.1 Å². The van der Waals surface area contributed by atoms with E-state index < -0.39 is 5.91 Å². The Hall–Kier alpha value is -3.43. The van der Waals surface area contributed by atoms with E-state index in [1.54, 1.807) is 30.3 Å². The lowest BCUT2D eigenvalue weighted by atomic mass is 10.1. The molecule has 2 aromatic carbocycles. The molecule has 35 heavy (non-hydrogen) atoms. The third-order valence-corrected chi connectivity index (χ3v) is 7.08. The Morgan fingerprint density at radius 2 is 1.89 bits per heavy atom. The van der Waals surface area contributed by atoms with Gasteiger partial charge in [0.25, 0.3) is 5.91 Å². The van der Waals surface area contributed by atoms with Gasteiger partial charge in [-0.25, -0.2) is 0 Å². The highest BCUT2D eigenvalue weighted by atomic mass is 35.5. The van der Waals surface area contributed by atoms with Crippen LogP contribution in [-0.2, 0) is 16.2 Å². The van der Waals surface area contributed by atoms with Crippen LogP contribution in [0.25, 0.3) is 6.08 Å². The first-order valence-corrected chi connectivity index (χ1v) is 12.4. The number of likely N-dealkylation sites (tertiary alicyclic amines) is 1. The second-order valence-corrected chi connectivity index (χ2v) is 9.68. The number of hydrogen-bond donors (Lipinski definition) is 1. The quantitative estimate of drug-likeness (QED) is 0.578. The molecule has 3 aliphatic heterocycles. The van der Waals surface area contributed by atoms with Gasteiger partial charge in [0.15, 0.2) is 5.84 Å². The number of carbonyl (C=O) groups is 2. The van der Waals surface area contributed by atoms with Crippen LogP contribution in [-0.4, -0.2) is 50.9 Å². The lowest BCUT2D eigenvalue weighted by Gasteiger charge is -2.20. The molecule has 1 fully saturated rings. The topological polar surface area (TPSA) is 98.4 Å². The van der Waals surface area contributed by atoms with Crippen LogP contribution < -0.4 is 4.74 Å². The average molecular weight is 508 g/mol. The number of ether oxygens (including phenoxy) is 1. The van der Waals surface area contributed by atoms with Crippen LogP contribution in [0.5, 0.6) is 5.75 Å². The molecule has 2 amide bonds. The van der Waals surface area contributed by atoms with Crippen molar-refractivity contribution in [2.24, 2.45) is 10.1 Å². The number of hydrogen-bond acceptors (Lipinski definition) is 6. The predicted octanol–water partition coefficient (Wildman–Crippen LogP) is 4.55. The summed E-state index contributed by atoms with van der Waals surface area (Å²) in [4.78, 5) is 31.0. The number of fused-ring (bicyclic) bond motifs is 1. The number of rotatable bonds is 6. The van der Waals surface area contributed by atoms with Crippen LogP contribution in [0.2, 0.25) is 5.02 Å². The maximum Gasteiger partial charge on any atom is 0.283 e. The summed E-state index contributed by atoms with van der Waals surface area (Å²) in [5.41, 5.74) is 1.75. The minimum atomic E-state index is -0.505. The van der Waals surface area contributed by atoms with Crippen molar-refractivity contribution in [2.45, 2.75) is 25.9 Å². The van der Waals surface area contributed by atoms with Crippen molar-refractivity contribution in [1.29, 1.82) is 5.41 Å². The average Bonchev–Trinajstić information content (AvgIpc) is 3.52. The molecular formula is C25H22ClN5O3S. The molecule has 3 heterocycles. The molecule has 3 aliphatic rings. The van der Waals surface area contributed by atoms with Gasteiger partial charge in [-0.2, -0.15) is 15.1 Å². The normalized spacial score (nSPS) is 18.6. The van der Waals surface area contributed by atoms with Crippen molar-refractivity contribution < 1.29 is 14.3 Å². The number of carbonyl (C=O) groups excluding carboxylic acids is 2. The van der Waals surface area contributed by atoms with E-state index in [4.69, 9.17) is 21.7 Å². The maximum atomic E-state index is 12.6. The summed E-state index contributed by atoms with van der Waals surface area (Å²) in [5, 5.41) is 15.7. The Labute approximate surface area is 211 Å². The number of amidine groups is 2. The van der Waals surface area contributed by atoms with E-state index in [0.717, 1.165) is 37.1 Å². The van der Waals surface area contributed by atoms with Crippen molar-refractivity contribution in [1.82, 2.24) is 9.91 Å². The zero-order valence-corrected chi connectivity index (χ0v) is 20.3. The molecule has 0 aromatic heterocycles. The number of hydrazone groups is 1. The largest absolute Gasteiger partial charge is 0.489 e. The lowest BCUT2D eigenvalue weighted by molar-refractivity contribution is -0.128. The SMILES string of the molecule is N=C1C(=Cc2ccc(OCc3ccccc3Cl)cc2)C(=O)N=C2SC(CC(=O)N3CCCC3)=NN12. The fraction of sp³-hybridized carbons (Fsp3) is 0.240. The number of halogens is 1. The highest BCUT2D eigenvalue weighted by Gasteiger charge is 2.36. The van der Waals surface area contributed by atoms with Gasteiger partial charge in [0.1, 0.15) is 17.4 Å². The van der Waals surface area contributed by atoms with Crippen LogP contribution in [0.4, 0.5) is 0 Å².